The molecule has 0 aromatic rings. The standard InChI is InChI=1S/C2H6O2S/c1-5(2,3)4/h1-2H3/i1D,2D. The van der Waals surface area contributed by atoms with Crippen molar-refractivity contribution in [3.63, 3.8) is 0 Å². The third-order valence-electron chi connectivity index (χ3n) is 0. The SMILES string of the molecule is [2H]CS(=O)(=O)C[2H]. The van der Waals surface area contributed by atoms with Crippen molar-refractivity contribution in [3.8, 4) is 0 Å². The minimum atomic E-state index is -3.32. The Bertz CT molecular complexity index is 117. The molecule has 0 saturated carbocycles. The molecule has 0 aromatic heterocycles. The van der Waals surface area contributed by atoms with Gasteiger partial charge in [0.1, 0.15) is 9.84 Å². The lowest BCUT2D eigenvalue weighted by molar-refractivity contribution is 0.607. The van der Waals surface area contributed by atoms with Crippen molar-refractivity contribution in [1.82, 2.24) is 0 Å². The van der Waals surface area contributed by atoms with Gasteiger partial charge in [-0.25, -0.2) is 8.42 Å². The molecular formula is C2H6O2S. The van der Waals surface area contributed by atoms with Gasteiger partial charge in [-0.05, 0) is 0 Å². The normalized spacial score (nSPS) is 16.8. The summed E-state index contributed by atoms with van der Waals surface area (Å²) < 4.78 is 32.6. The number of sulfone groups is 1. The second kappa shape index (κ2) is 0.971. The molecule has 0 atom stereocenters. The third kappa shape index (κ3) is 6010. The van der Waals surface area contributed by atoms with Crippen LogP contribution in [0.5, 0.6) is 0 Å². The molecule has 0 bridgehead atoms. The van der Waals surface area contributed by atoms with Crippen LogP contribution in [0.2, 0.25) is 0 Å². The van der Waals surface area contributed by atoms with E-state index in [9.17, 15) is 8.42 Å². The Kier molecular flexibility index (Phi) is 0.424. The zero-order valence-electron chi connectivity index (χ0n) is 4.64. The highest BCUT2D eigenvalue weighted by atomic mass is 32.2. The van der Waals surface area contributed by atoms with Crippen molar-refractivity contribution >= 4 is 9.84 Å². The molecule has 0 unspecified atom stereocenters. The van der Waals surface area contributed by atoms with E-state index < -0.39 is 22.3 Å². The highest BCUT2D eigenvalue weighted by Gasteiger charge is 1.79. The summed E-state index contributed by atoms with van der Waals surface area (Å²) >= 11 is 0. The highest BCUT2D eigenvalue weighted by Crippen LogP contribution is 1.61. The molecule has 0 saturated heterocycles. The van der Waals surface area contributed by atoms with Crippen LogP contribution in [-0.2, 0) is 9.84 Å². The topological polar surface area (TPSA) is 34.1 Å². The first-order valence-corrected chi connectivity index (χ1v) is 2.73. The summed E-state index contributed by atoms with van der Waals surface area (Å²) in [6.45, 7) is 0. The van der Waals surface area contributed by atoms with Gasteiger partial charge >= 0.3 is 0 Å². The van der Waals surface area contributed by atoms with Crippen molar-refractivity contribution in [3.05, 3.63) is 0 Å². The second-order valence-electron chi connectivity index (χ2n) is 0.744. The largest absolute Gasteiger partial charge is 0.229 e. The van der Waals surface area contributed by atoms with E-state index in [0.29, 0.717) is 0 Å². The first kappa shape index (κ1) is 2.18. The molecule has 3 heteroatoms. The molecule has 2 nitrogen and oxygen atoms in total. The van der Waals surface area contributed by atoms with Crippen LogP contribution in [0.25, 0.3) is 0 Å². The van der Waals surface area contributed by atoms with Gasteiger partial charge in [0, 0.05) is 15.2 Å². The van der Waals surface area contributed by atoms with E-state index in [0.717, 1.165) is 0 Å². The van der Waals surface area contributed by atoms with Gasteiger partial charge in [-0.2, -0.15) is 0 Å². The van der Waals surface area contributed by atoms with Gasteiger partial charge in [0.15, 0.2) is 0 Å². The zero-order valence-corrected chi connectivity index (χ0v) is 3.46. The quantitative estimate of drug-likeness (QED) is 0.413. The first-order valence-electron chi connectivity index (χ1n) is 2.32. The van der Waals surface area contributed by atoms with Crippen LogP contribution in [0.3, 0.4) is 0 Å². The molecule has 0 aliphatic rings. The van der Waals surface area contributed by atoms with Gasteiger partial charge in [0.05, 0.1) is 0 Å². The summed E-state index contributed by atoms with van der Waals surface area (Å²) in [5.74, 6) is 0. The fourth-order valence-corrected chi connectivity index (χ4v) is 0. The summed E-state index contributed by atoms with van der Waals surface area (Å²) in [4.78, 5) is 0. The molecule has 0 N–H and O–H groups in total. The van der Waals surface area contributed by atoms with Gasteiger partial charge in [-0.15, -0.1) is 0 Å². The van der Waals surface area contributed by atoms with Crippen molar-refractivity contribution in [2.75, 3.05) is 12.5 Å². The van der Waals surface area contributed by atoms with Crippen LogP contribution in [0.4, 0.5) is 0 Å². The maximum Gasteiger partial charge on any atom is 0.144 e. The van der Waals surface area contributed by atoms with Crippen LogP contribution >= 0.6 is 0 Å². The van der Waals surface area contributed by atoms with Gasteiger partial charge in [0.25, 0.3) is 0 Å². The number of hydrogen-bond donors (Lipinski definition) is 0. The van der Waals surface area contributed by atoms with E-state index >= 15 is 0 Å². The smallest absolute Gasteiger partial charge is 0.144 e. The summed E-state index contributed by atoms with van der Waals surface area (Å²) in [5, 5.41) is 0. The van der Waals surface area contributed by atoms with Crippen LogP contribution in [0.1, 0.15) is 2.74 Å². The minimum Gasteiger partial charge on any atom is -0.229 e. The Morgan fingerprint density at radius 3 is 2.00 bits per heavy atom. The molecule has 32 valence electrons. The molecule has 0 rings (SSSR count). The number of hydrogen-bond acceptors (Lipinski definition) is 2. The summed E-state index contributed by atoms with van der Waals surface area (Å²) in [5.41, 5.74) is 0. The lowest BCUT2D eigenvalue weighted by Gasteiger charge is -1.69. The van der Waals surface area contributed by atoms with Crippen LogP contribution in [0, 0.1) is 0 Å². The zero-order chi connectivity index (χ0) is 5.91. The lowest BCUT2D eigenvalue weighted by atomic mass is 11.9. The Morgan fingerprint density at radius 2 is 2.00 bits per heavy atom. The molecular weight excluding hydrogens is 88.1 g/mol. The molecule has 0 amide bonds. The molecule has 0 aromatic carbocycles. The highest BCUT2D eigenvalue weighted by molar-refractivity contribution is 7.89. The molecule has 0 radical (unpaired) electrons. The molecule has 0 heterocycles. The van der Waals surface area contributed by atoms with E-state index in [-0.39, 0.29) is 0 Å². The molecule has 0 aliphatic heterocycles. The van der Waals surface area contributed by atoms with Crippen molar-refractivity contribution in [2.24, 2.45) is 0 Å². The fourth-order valence-electron chi connectivity index (χ4n) is 0. The van der Waals surface area contributed by atoms with Crippen LogP contribution < -0.4 is 0 Å². The predicted molar refractivity (Wildman–Crippen MR) is 20.8 cm³/mol. The maximum absolute atomic E-state index is 9.99. The third-order valence-corrected chi connectivity index (χ3v) is 0. The van der Waals surface area contributed by atoms with Crippen LogP contribution in [-0.4, -0.2) is 20.9 Å². The molecule has 0 spiro atoms. The van der Waals surface area contributed by atoms with Crippen molar-refractivity contribution in [1.29, 1.82) is 0 Å². The Hall–Kier alpha value is -0.0500. The van der Waals surface area contributed by atoms with E-state index in [2.05, 4.69) is 0 Å². The first-order chi connectivity index (χ1) is 3.12. The van der Waals surface area contributed by atoms with E-state index in [4.69, 9.17) is 2.74 Å². The van der Waals surface area contributed by atoms with Gasteiger partial charge < -0.3 is 0 Å². The fraction of sp³-hybridized carbons (Fsp3) is 1.00. The van der Waals surface area contributed by atoms with E-state index in [1.54, 1.807) is 0 Å². The molecule has 5 heavy (non-hydrogen) atoms. The maximum atomic E-state index is 9.99. The molecule has 0 fully saturated rings. The van der Waals surface area contributed by atoms with E-state index in [1.165, 1.54) is 0 Å². The molecule has 0 aliphatic carbocycles. The summed E-state index contributed by atoms with van der Waals surface area (Å²) in [6, 6.07) is 0. The average molecular weight is 96.1 g/mol. The summed E-state index contributed by atoms with van der Waals surface area (Å²) in [7, 11) is -3.32. The Labute approximate surface area is 34.5 Å². The van der Waals surface area contributed by atoms with Gasteiger partial charge in [0.2, 0.25) is 0 Å². The Morgan fingerprint density at radius 1 is 1.60 bits per heavy atom. The average Bonchev–Trinajstić information content (AvgIpc) is 1.68. The van der Waals surface area contributed by atoms with E-state index in [1.807, 2.05) is 0 Å². The second-order valence-corrected chi connectivity index (χ2v) is 2.23. The number of rotatable bonds is 0. The lowest BCUT2D eigenvalue weighted by Crippen LogP contribution is -1.86. The monoisotopic (exact) mass is 96.0 g/mol. The van der Waals surface area contributed by atoms with Gasteiger partial charge in [-0.1, -0.05) is 0 Å². The minimum absolute atomic E-state index is 0.670. The van der Waals surface area contributed by atoms with Gasteiger partial charge in [-0.3, -0.25) is 0 Å². The summed E-state index contributed by atoms with van der Waals surface area (Å²) in [6.07, 6.45) is -1.34. The predicted octanol–water partition coefficient (Wildman–Crippen LogP) is -0.339. The van der Waals surface area contributed by atoms with Crippen molar-refractivity contribution < 1.29 is 11.2 Å². The van der Waals surface area contributed by atoms with Crippen LogP contribution in [0.15, 0.2) is 0 Å². The van der Waals surface area contributed by atoms with Crippen molar-refractivity contribution in [2.45, 2.75) is 0 Å². The Balaban J connectivity index is 3.89.